The summed E-state index contributed by atoms with van der Waals surface area (Å²) in [5.74, 6) is -0.0450. The molecule has 96 valence electrons. The van der Waals surface area contributed by atoms with Crippen molar-refractivity contribution in [3.8, 4) is 0 Å². The van der Waals surface area contributed by atoms with Crippen LogP contribution in [0.1, 0.15) is 64.0 Å². The van der Waals surface area contributed by atoms with E-state index in [-0.39, 0.29) is 11.2 Å². The molecular formula is C16H25F. The number of hydrogen-bond acceptors (Lipinski definition) is 0. The van der Waals surface area contributed by atoms with Crippen LogP contribution < -0.4 is 0 Å². The largest absolute Gasteiger partial charge is 0.207 e. The summed E-state index contributed by atoms with van der Waals surface area (Å²) in [5.41, 5.74) is 2.04. The summed E-state index contributed by atoms with van der Waals surface area (Å²) >= 11 is 0. The Morgan fingerprint density at radius 3 is 2.47 bits per heavy atom. The molecule has 0 N–H and O–H groups in total. The zero-order valence-corrected chi connectivity index (χ0v) is 11.6. The lowest BCUT2D eigenvalue weighted by Crippen LogP contribution is -2.22. The molecule has 1 rings (SSSR count). The monoisotopic (exact) mass is 236 g/mol. The molecule has 1 heteroatoms. The third-order valence-electron chi connectivity index (χ3n) is 3.88. The Labute approximate surface area is 105 Å². The van der Waals surface area contributed by atoms with Crippen LogP contribution in [0.2, 0.25) is 0 Å². The molecule has 1 unspecified atom stereocenters. The van der Waals surface area contributed by atoms with Crippen LogP contribution in [0.15, 0.2) is 18.2 Å². The van der Waals surface area contributed by atoms with Gasteiger partial charge in [0, 0.05) is 0 Å². The molecule has 1 atom stereocenters. The van der Waals surface area contributed by atoms with Crippen LogP contribution in [0, 0.1) is 12.7 Å². The van der Waals surface area contributed by atoms with Gasteiger partial charge in [-0.1, -0.05) is 57.7 Å². The van der Waals surface area contributed by atoms with Gasteiger partial charge in [0.1, 0.15) is 5.82 Å². The van der Waals surface area contributed by atoms with Crippen molar-refractivity contribution in [3.63, 3.8) is 0 Å². The molecule has 0 aliphatic carbocycles. The van der Waals surface area contributed by atoms with E-state index < -0.39 is 0 Å². The molecule has 0 nitrogen and oxygen atoms in total. The summed E-state index contributed by atoms with van der Waals surface area (Å²) < 4.78 is 14.0. The van der Waals surface area contributed by atoms with Gasteiger partial charge in [0.2, 0.25) is 0 Å². The molecule has 0 bridgehead atoms. The van der Waals surface area contributed by atoms with Crippen LogP contribution in [-0.4, -0.2) is 0 Å². The standard InChI is InChI=1S/C16H25F/c1-5-7-8-11-16(4,6-2)14-12-13(3)9-10-15(14)17/h9-10,12H,5-8,11H2,1-4H3. The third kappa shape index (κ3) is 3.55. The Kier molecular flexibility index (Phi) is 5.17. The van der Waals surface area contributed by atoms with Crippen molar-refractivity contribution < 1.29 is 4.39 Å². The van der Waals surface area contributed by atoms with Gasteiger partial charge >= 0.3 is 0 Å². The van der Waals surface area contributed by atoms with Crippen LogP contribution in [-0.2, 0) is 5.41 Å². The summed E-state index contributed by atoms with van der Waals surface area (Å²) in [7, 11) is 0. The maximum atomic E-state index is 14.0. The van der Waals surface area contributed by atoms with Gasteiger partial charge in [-0.15, -0.1) is 0 Å². The highest BCUT2D eigenvalue weighted by Crippen LogP contribution is 2.35. The second kappa shape index (κ2) is 6.18. The molecule has 0 amide bonds. The van der Waals surface area contributed by atoms with E-state index in [1.165, 1.54) is 19.3 Å². The van der Waals surface area contributed by atoms with Gasteiger partial charge in [-0.25, -0.2) is 4.39 Å². The van der Waals surface area contributed by atoms with Crippen LogP contribution >= 0.6 is 0 Å². The quantitative estimate of drug-likeness (QED) is 0.581. The summed E-state index contributed by atoms with van der Waals surface area (Å²) in [4.78, 5) is 0. The van der Waals surface area contributed by atoms with Crippen molar-refractivity contribution in [2.75, 3.05) is 0 Å². The van der Waals surface area contributed by atoms with E-state index in [9.17, 15) is 4.39 Å². The molecule has 0 aliphatic heterocycles. The molecule has 0 spiro atoms. The SMILES string of the molecule is CCCCCC(C)(CC)c1cc(C)ccc1F. The van der Waals surface area contributed by atoms with E-state index in [1.807, 2.05) is 19.1 Å². The van der Waals surface area contributed by atoms with E-state index in [2.05, 4.69) is 20.8 Å². The van der Waals surface area contributed by atoms with Crippen LogP contribution in [0.25, 0.3) is 0 Å². The fraction of sp³-hybridized carbons (Fsp3) is 0.625. The van der Waals surface area contributed by atoms with Crippen molar-refractivity contribution in [3.05, 3.63) is 35.1 Å². The summed E-state index contributed by atoms with van der Waals surface area (Å²) in [6.45, 7) is 8.59. The first kappa shape index (κ1) is 14.2. The highest BCUT2D eigenvalue weighted by atomic mass is 19.1. The molecule has 0 saturated heterocycles. The van der Waals surface area contributed by atoms with Gasteiger partial charge in [0.25, 0.3) is 0 Å². The Balaban J connectivity index is 2.94. The molecule has 0 fully saturated rings. The van der Waals surface area contributed by atoms with E-state index in [0.717, 1.165) is 24.0 Å². The second-order valence-electron chi connectivity index (χ2n) is 5.35. The van der Waals surface area contributed by atoms with Gasteiger partial charge in [-0.2, -0.15) is 0 Å². The van der Waals surface area contributed by atoms with Crippen molar-refractivity contribution in [2.24, 2.45) is 0 Å². The van der Waals surface area contributed by atoms with Gasteiger partial charge in [-0.05, 0) is 36.8 Å². The summed E-state index contributed by atoms with van der Waals surface area (Å²) in [6.07, 6.45) is 5.72. The minimum absolute atomic E-state index is 0.00866. The number of aryl methyl sites for hydroxylation is 1. The van der Waals surface area contributed by atoms with Gasteiger partial charge in [0.15, 0.2) is 0 Å². The zero-order valence-electron chi connectivity index (χ0n) is 11.6. The Bertz CT molecular complexity index is 357. The van der Waals surface area contributed by atoms with Crippen molar-refractivity contribution >= 4 is 0 Å². The summed E-state index contributed by atoms with van der Waals surface area (Å²) in [5, 5.41) is 0. The molecular weight excluding hydrogens is 211 g/mol. The van der Waals surface area contributed by atoms with Gasteiger partial charge < -0.3 is 0 Å². The number of unbranched alkanes of at least 4 members (excludes halogenated alkanes) is 2. The van der Waals surface area contributed by atoms with E-state index in [1.54, 1.807) is 6.07 Å². The van der Waals surface area contributed by atoms with E-state index in [4.69, 9.17) is 0 Å². The molecule has 0 radical (unpaired) electrons. The minimum atomic E-state index is -0.0450. The molecule has 17 heavy (non-hydrogen) atoms. The van der Waals surface area contributed by atoms with Crippen molar-refractivity contribution in [1.82, 2.24) is 0 Å². The predicted molar refractivity (Wildman–Crippen MR) is 72.9 cm³/mol. The van der Waals surface area contributed by atoms with Gasteiger partial charge in [0.05, 0.1) is 0 Å². The molecule has 1 aromatic carbocycles. The maximum absolute atomic E-state index is 14.0. The predicted octanol–water partition coefficient (Wildman–Crippen LogP) is 5.38. The van der Waals surface area contributed by atoms with E-state index in [0.29, 0.717) is 0 Å². The lowest BCUT2D eigenvalue weighted by molar-refractivity contribution is 0.381. The van der Waals surface area contributed by atoms with Gasteiger partial charge in [-0.3, -0.25) is 0 Å². The fourth-order valence-corrected chi connectivity index (χ4v) is 2.37. The maximum Gasteiger partial charge on any atom is 0.126 e. The highest BCUT2D eigenvalue weighted by Gasteiger charge is 2.27. The minimum Gasteiger partial charge on any atom is -0.207 e. The number of halogens is 1. The number of rotatable bonds is 6. The average Bonchev–Trinajstić information content (AvgIpc) is 2.32. The zero-order chi connectivity index (χ0) is 12.9. The Morgan fingerprint density at radius 1 is 1.18 bits per heavy atom. The van der Waals surface area contributed by atoms with Crippen LogP contribution in [0.3, 0.4) is 0 Å². The molecule has 0 aromatic heterocycles. The lowest BCUT2D eigenvalue weighted by Gasteiger charge is -2.29. The fourth-order valence-electron chi connectivity index (χ4n) is 2.37. The smallest absolute Gasteiger partial charge is 0.126 e. The molecule has 0 saturated carbocycles. The Morgan fingerprint density at radius 2 is 1.88 bits per heavy atom. The van der Waals surface area contributed by atoms with Crippen LogP contribution in [0.4, 0.5) is 4.39 Å². The number of benzene rings is 1. The number of hydrogen-bond donors (Lipinski definition) is 0. The second-order valence-corrected chi connectivity index (χ2v) is 5.35. The first-order valence-corrected chi connectivity index (χ1v) is 6.80. The van der Waals surface area contributed by atoms with E-state index >= 15 is 0 Å². The topological polar surface area (TPSA) is 0 Å². The third-order valence-corrected chi connectivity index (χ3v) is 3.88. The normalized spacial score (nSPS) is 14.6. The molecule has 0 aliphatic rings. The highest BCUT2D eigenvalue weighted by molar-refractivity contribution is 5.30. The van der Waals surface area contributed by atoms with Crippen molar-refractivity contribution in [2.45, 2.75) is 65.2 Å². The van der Waals surface area contributed by atoms with Crippen molar-refractivity contribution in [1.29, 1.82) is 0 Å². The first-order chi connectivity index (χ1) is 8.03. The molecule has 0 heterocycles. The molecule has 1 aromatic rings. The lowest BCUT2D eigenvalue weighted by atomic mass is 9.75. The first-order valence-electron chi connectivity index (χ1n) is 6.80. The van der Waals surface area contributed by atoms with Crippen LogP contribution in [0.5, 0.6) is 0 Å². The average molecular weight is 236 g/mol. The summed E-state index contributed by atoms with van der Waals surface area (Å²) in [6, 6.07) is 5.48. The Hall–Kier alpha value is -0.850.